The molecular formula is C17H13Cl2F2N3O2S. The summed E-state index contributed by atoms with van der Waals surface area (Å²) in [5.41, 5.74) is -0.391. The minimum Gasteiger partial charge on any atom is -0.364 e. The number of halogens is 4. The SMILES string of the molecule is N#Cc1cc(F)c(N2CCN(S(=O)(=O)c3cccc(Cl)c3Cl)CC2)c(F)c1. The van der Waals surface area contributed by atoms with Crippen molar-refractivity contribution in [1.29, 1.82) is 5.26 Å². The van der Waals surface area contributed by atoms with Gasteiger partial charge in [-0.05, 0) is 24.3 Å². The lowest BCUT2D eigenvalue weighted by Gasteiger charge is -2.35. The van der Waals surface area contributed by atoms with Crippen LogP contribution in [0.5, 0.6) is 0 Å². The Hall–Kier alpha value is -1.92. The molecule has 1 saturated heterocycles. The number of rotatable bonds is 3. The molecule has 1 aliphatic rings. The summed E-state index contributed by atoms with van der Waals surface area (Å²) in [4.78, 5) is 1.30. The zero-order valence-corrected chi connectivity index (χ0v) is 16.1. The van der Waals surface area contributed by atoms with Crippen molar-refractivity contribution in [2.75, 3.05) is 31.1 Å². The van der Waals surface area contributed by atoms with Gasteiger partial charge in [-0.3, -0.25) is 0 Å². The van der Waals surface area contributed by atoms with Crippen LogP contribution in [0.4, 0.5) is 14.5 Å². The van der Waals surface area contributed by atoms with Crippen LogP contribution in [-0.2, 0) is 10.0 Å². The molecule has 0 spiro atoms. The van der Waals surface area contributed by atoms with Gasteiger partial charge >= 0.3 is 0 Å². The van der Waals surface area contributed by atoms with Crippen LogP contribution in [0.15, 0.2) is 35.2 Å². The lowest BCUT2D eigenvalue weighted by molar-refractivity contribution is 0.381. The highest BCUT2D eigenvalue weighted by molar-refractivity contribution is 7.89. The number of hydrogen-bond acceptors (Lipinski definition) is 4. The van der Waals surface area contributed by atoms with Gasteiger partial charge in [-0.25, -0.2) is 17.2 Å². The van der Waals surface area contributed by atoms with Crippen molar-refractivity contribution in [1.82, 2.24) is 4.31 Å². The fourth-order valence-electron chi connectivity index (χ4n) is 2.91. The summed E-state index contributed by atoms with van der Waals surface area (Å²) in [7, 11) is -3.89. The van der Waals surface area contributed by atoms with Crippen LogP contribution in [0.1, 0.15) is 5.56 Å². The second kappa shape index (κ2) is 7.60. The summed E-state index contributed by atoms with van der Waals surface area (Å²) in [6.45, 7) is 0.197. The first-order valence-electron chi connectivity index (χ1n) is 7.84. The Morgan fingerprint density at radius 1 is 1.04 bits per heavy atom. The molecule has 10 heteroatoms. The number of nitriles is 1. The van der Waals surface area contributed by atoms with Gasteiger partial charge in [0.25, 0.3) is 0 Å². The molecule has 0 radical (unpaired) electrons. The number of anilines is 1. The van der Waals surface area contributed by atoms with Crippen molar-refractivity contribution in [2.45, 2.75) is 4.90 Å². The zero-order chi connectivity index (χ0) is 19.8. The van der Waals surface area contributed by atoms with Crippen LogP contribution in [0.25, 0.3) is 0 Å². The van der Waals surface area contributed by atoms with E-state index >= 15 is 0 Å². The molecular weight excluding hydrogens is 419 g/mol. The third kappa shape index (κ3) is 3.73. The summed E-state index contributed by atoms with van der Waals surface area (Å²) in [6.07, 6.45) is 0. The topological polar surface area (TPSA) is 64.4 Å². The predicted molar refractivity (Wildman–Crippen MR) is 98.5 cm³/mol. The fourth-order valence-corrected chi connectivity index (χ4v) is 5.06. The van der Waals surface area contributed by atoms with Crippen LogP contribution in [0, 0.1) is 23.0 Å². The van der Waals surface area contributed by atoms with Crippen LogP contribution in [0.3, 0.4) is 0 Å². The third-order valence-electron chi connectivity index (χ3n) is 4.23. The van der Waals surface area contributed by atoms with Gasteiger partial charge in [0.15, 0.2) is 11.6 Å². The van der Waals surface area contributed by atoms with E-state index in [0.29, 0.717) is 0 Å². The molecule has 1 fully saturated rings. The molecule has 0 bridgehead atoms. The van der Waals surface area contributed by atoms with E-state index in [1.54, 1.807) is 6.07 Å². The molecule has 3 rings (SSSR count). The summed E-state index contributed by atoms with van der Waals surface area (Å²) in [6, 6.07) is 7.91. The Labute approximate surface area is 165 Å². The molecule has 0 aromatic heterocycles. The number of hydrogen-bond donors (Lipinski definition) is 0. The first-order chi connectivity index (χ1) is 12.8. The standard InChI is InChI=1S/C17H13Cl2F2N3O2S/c18-12-2-1-3-15(16(12)19)27(25,26)24-6-4-23(5-7-24)17-13(20)8-11(10-22)9-14(17)21/h1-3,8-9H,4-7H2. The molecule has 0 aliphatic carbocycles. The molecule has 0 atom stereocenters. The molecule has 1 heterocycles. The Kier molecular flexibility index (Phi) is 5.58. The van der Waals surface area contributed by atoms with E-state index in [0.717, 1.165) is 12.1 Å². The summed E-state index contributed by atoms with van der Waals surface area (Å²) in [5, 5.41) is 8.83. The monoisotopic (exact) mass is 431 g/mol. The Balaban J connectivity index is 1.82. The predicted octanol–water partition coefficient (Wildman–Crippen LogP) is 3.65. The number of piperazine rings is 1. The largest absolute Gasteiger partial charge is 0.364 e. The van der Waals surface area contributed by atoms with Gasteiger partial charge in [0.2, 0.25) is 10.0 Å². The van der Waals surface area contributed by atoms with Crippen LogP contribution in [-0.4, -0.2) is 38.9 Å². The highest BCUT2D eigenvalue weighted by Gasteiger charge is 2.32. The van der Waals surface area contributed by atoms with E-state index in [9.17, 15) is 17.2 Å². The molecule has 2 aromatic rings. The van der Waals surface area contributed by atoms with E-state index in [1.807, 2.05) is 0 Å². The molecule has 2 aromatic carbocycles. The quantitative estimate of drug-likeness (QED) is 0.743. The van der Waals surface area contributed by atoms with Gasteiger partial charge in [-0.2, -0.15) is 9.57 Å². The molecule has 1 aliphatic heterocycles. The van der Waals surface area contributed by atoms with Crippen molar-refractivity contribution in [3.63, 3.8) is 0 Å². The molecule has 0 saturated carbocycles. The van der Waals surface area contributed by atoms with Crippen molar-refractivity contribution < 1.29 is 17.2 Å². The van der Waals surface area contributed by atoms with Crippen LogP contribution >= 0.6 is 23.2 Å². The molecule has 27 heavy (non-hydrogen) atoms. The first-order valence-corrected chi connectivity index (χ1v) is 10.0. The Morgan fingerprint density at radius 2 is 1.63 bits per heavy atom. The maximum absolute atomic E-state index is 14.2. The molecule has 142 valence electrons. The van der Waals surface area contributed by atoms with E-state index in [1.165, 1.54) is 27.4 Å². The highest BCUT2D eigenvalue weighted by Crippen LogP contribution is 2.32. The summed E-state index contributed by atoms with van der Waals surface area (Å²) < 4.78 is 55.2. The Bertz CT molecular complexity index is 1010. The van der Waals surface area contributed by atoms with Crippen molar-refractivity contribution >= 4 is 38.9 Å². The normalized spacial score (nSPS) is 15.6. The van der Waals surface area contributed by atoms with E-state index in [-0.39, 0.29) is 52.4 Å². The van der Waals surface area contributed by atoms with Gasteiger partial charge in [-0.1, -0.05) is 29.3 Å². The van der Waals surface area contributed by atoms with Gasteiger partial charge in [-0.15, -0.1) is 0 Å². The molecule has 5 nitrogen and oxygen atoms in total. The lowest BCUT2D eigenvalue weighted by atomic mass is 10.1. The molecule has 0 unspecified atom stereocenters. The van der Waals surface area contributed by atoms with Crippen LogP contribution < -0.4 is 4.90 Å². The molecule has 0 N–H and O–H groups in total. The summed E-state index contributed by atoms with van der Waals surface area (Å²) in [5.74, 6) is -1.72. The maximum Gasteiger partial charge on any atom is 0.244 e. The minimum absolute atomic E-state index is 0.0179. The fraction of sp³-hybridized carbons (Fsp3) is 0.235. The van der Waals surface area contributed by atoms with Gasteiger partial charge in [0, 0.05) is 26.2 Å². The van der Waals surface area contributed by atoms with Crippen molar-refractivity contribution in [3.8, 4) is 6.07 Å². The average Bonchev–Trinajstić information content (AvgIpc) is 2.63. The van der Waals surface area contributed by atoms with Gasteiger partial charge in [0.05, 0.1) is 21.7 Å². The average molecular weight is 432 g/mol. The second-order valence-electron chi connectivity index (χ2n) is 5.84. The summed E-state index contributed by atoms with van der Waals surface area (Å²) >= 11 is 11.9. The Morgan fingerprint density at radius 3 is 2.19 bits per heavy atom. The van der Waals surface area contributed by atoms with E-state index in [4.69, 9.17) is 28.5 Å². The highest BCUT2D eigenvalue weighted by atomic mass is 35.5. The van der Waals surface area contributed by atoms with Crippen molar-refractivity contribution in [2.24, 2.45) is 0 Å². The van der Waals surface area contributed by atoms with Crippen molar-refractivity contribution in [3.05, 3.63) is 57.6 Å². The lowest BCUT2D eigenvalue weighted by Crippen LogP contribution is -2.49. The van der Waals surface area contributed by atoms with Gasteiger partial charge in [0.1, 0.15) is 10.6 Å². The number of sulfonamides is 1. The van der Waals surface area contributed by atoms with Gasteiger partial charge < -0.3 is 4.90 Å². The second-order valence-corrected chi connectivity index (χ2v) is 8.53. The van der Waals surface area contributed by atoms with E-state index in [2.05, 4.69) is 0 Å². The smallest absolute Gasteiger partial charge is 0.244 e. The van der Waals surface area contributed by atoms with Crippen LogP contribution in [0.2, 0.25) is 10.0 Å². The minimum atomic E-state index is -3.89. The number of nitrogens with zero attached hydrogens (tertiary/aromatic N) is 3. The third-order valence-corrected chi connectivity index (χ3v) is 7.11. The zero-order valence-electron chi connectivity index (χ0n) is 13.8. The van der Waals surface area contributed by atoms with E-state index < -0.39 is 21.7 Å². The first kappa shape index (κ1) is 19.8. The maximum atomic E-state index is 14.2. The molecule has 0 amide bonds. The number of benzene rings is 2.